The van der Waals surface area contributed by atoms with E-state index in [9.17, 15) is 9.59 Å². The van der Waals surface area contributed by atoms with Crippen LogP contribution in [0.2, 0.25) is 5.02 Å². The third kappa shape index (κ3) is 3.68. The van der Waals surface area contributed by atoms with Gasteiger partial charge in [-0.2, -0.15) is 0 Å². The second kappa shape index (κ2) is 7.59. The Balaban J connectivity index is 1.70. The molecule has 148 valence electrons. The molecule has 3 aromatic rings. The SMILES string of the molecule is COc1cc(NC(=O)c2ccc3cc(C)ccc3c2)c(N2NNNC2=O)cc1Cl. The number of halogens is 1. The summed E-state index contributed by atoms with van der Waals surface area (Å²) in [5, 5.41) is 6.33. The molecule has 0 atom stereocenters. The first-order valence-electron chi connectivity index (χ1n) is 8.76. The summed E-state index contributed by atoms with van der Waals surface area (Å²) < 4.78 is 5.25. The molecule has 3 aromatic carbocycles. The van der Waals surface area contributed by atoms with Gasteiger partial charge in [-0.25, -0.2) is 9.80 Å². The van der Waals surface area contributed by atoms with Crippen LogP contribution in [0.25, 0.3) is 10.8 Å². The number of amides is 3. The van der Waals surface area contributed by atoms with Gasteiger partial charge in [-0.1, -0.05) is 41.4 Å². The summed E-state index contributed by atoms with van der Waals surface area (Å²) in [6, 6.07) is 14.1. The number of urea groups is 1. The van der Waals surface area contributed by atoms with E-state index in [-0.39, 0.29) is 5.91 Å². The van der Waals surface area contributed by atoms with Gasteiger partial charge in [0.2, 0.25) is 0 Å². The molecule has 0 aromatic heterocycles. The van der Waals surface area contributed by atoms with Gasteiger partial charge in [0.05, 0.1) is 23.5 Å². The van der Waals surface area contributed by atoms with Gasteiger partial charge in [-0.15, -0.1) is 11.1 Å². The first-order chi connectivity index (χ1) is 14.0. The van der Waals surface area contributed by atoms with Crippen LogP contribution in [0.3, 0.4) is 0 Å². The molecule has 4 N–H and O–H groups in total. The molecule has 9 heteroatoms. The quantitative estimate of drug-likeness (QED) is 0.527. The van der Waals surface area contributed by atoms with Crippen LogP contribution in [-0.4, -0.2) is 19.0 Å². The predicted octanol–water partition coefficient (Wildman–Crippen LogP) is 3.52. The standard InChI is InChI=1S/C20H18ClN5O3/c1-11-3-4-13-8-14(6-5-12(13)7-11)19(27)22-16-10-18(29-2)15(21)9-17(16)26-20(28)23-24-25-26/h3-10,24-25H,1-2H3,(H,22,27)(H,23,28). The number of fused-ring (bicyclic) bond motifs is 1. The highest BCUT2D eigenvalue weighted by Crippen LogP contribution is 2.36. The molecular weight excluding hydrogens is 394 g/mol. The minimum Gasteiger partial charge on any atom is -0.495 e. The van der Waals surface area contributed by atoms with Crippen molar-refractivity contribution in [3.05, 3.63) is 64.7 Å². The van der Waals surface area contributed by atoms with Crippen molar-refractivity contribution in [3.63, 3.8) is 0 Å². The molecule has 8 nitrogen and oxygen atoms in total. The molecule has 1 heterocycles. The van der Waals surface area contributed by atoms with Crippen molar-refractivity contribution in [2.24, 2.45) is 0 Å². The molecular formula is C20H18ClN5O3. The number of hydrogen-bond acceptors (Lipinski definition) is 5. The summed E-state index contributed by atoms with van der Waals surface area (Å²) in [5.41, 5.74) is 9.87. The number of ether oxygens (including phenoxy) is 1. The molecule has 4 rings (SSSR count). The van der Waals surface area contributed by atoms with Gasteiger partial charge in [0.1, 0.15) is 5.75 Å². The van der Waals surface area contributed by atoms with Crippen LogP contribution in [0.5, 0.6) is 5.75 Å². The van der Waals surface area contributed by atoms with E-state index in [4.69, 9.17) is 16.3 Å². The molecule has 0 radical (unpaired) electrons. The van der Waals surface area contributed by atoms with E-state index in [0.29, 0.717) is 27.7 Å². The Kier molecular flexibility index (Phi) is 4.98. The Bertz CT molecular complexity index is 1130. The van der Waals surface area contributed by atoms with E-state index in [1.807, 2.05) is 31.2 Å². The molecule has 3 amide bonds. The van der Waals surface area contributed by atoms with Gasteiger partial charge in [-0.05, 0) is 35.9 Å². The number of nitrogens with zero attached hydrogens (tertiary/aromatic N) is 1. The summed E-state index contributed by atoms with van der Waals surface area (Å²) in [4.78, 5) is 24.9. The average molecular weight is 412 g/mol. The molecule has 0 aliphatic carbocycles. The van der Waals surface area contributed by atoms with Crippen LogP contribution in [0.4, 0.5) is 16.2 Å². The summed E-state index contributed by atoms with van der Waals surface area (Å²) in [5.74, 6) is 0.0398. The Labute approximate surface area is 171 Å². The number of benzene rings is 3. The van der Waals surface area contributed by atoms with Gasteiger partial charge < -0.3 is 10.1 Å². The van der Waals surface area contributed by atoms with Crippen molar-refractivity contribution < 1.29 is 14.3 Å². The Morgan fingerprint density at radius 1 is 1.10 bits per heavy atom. The monoisotopic (exact) mass is 411 g/mol. The van der Waals surface area contributed by atoms with Crippen LogP contribution in [0.1, 0.15) is 15.9 Å². The van der Waals surface area contributed by atoms with Crippen molar-refractivity contribution in [1.82, 2.24) is 16.5 Å². The lowest BCUT2D eigenvalue weighted by Crippen LogP contribution is -2.38. The highest BCUT2D eigenvalue weighted by molar-refractivity contribution is 6.32. The van der Waals surface area contributed by atoms with E-state index in [0.717, 1.165) is 16.3 Å². The van der Waals surface area contributed by atoms with Gasteiger partial charge in [0.15, 0.2) is 0 Å². The van der Waals surface area contributed by atoms with E-state index in [2.05, 4.69) is 27.9 Å². The van der Waals surface area contributed by atoms with E-state index in [1.165, 1.54) is 18.2 Å². The number of aryl methyl sites for hydroxylation is 1. The van der Waals surface area contributed by atoms with Crippen LogP contribution in [0.15, 0.2) is 48.5 Å². The normalized spacial score (nSPS) is 13.5. The third-order valence-corrected chi connectivity index (χ3v) is 4.85. The summed E-state index contributed by atoms with van der Waals surface area (Å²) in [6.45, 7) is 2.02. The van der Waals surface area contributed by atoms with Crippen LogP contribution in [0, 0.1) is 6.92 Å². The number of nitrogens with one attached hydrogen (secondary N) is 4. The summed E-state index contributed by atoms with van der Waals surface area (Å²) in [7, 11) is 1.47. The first-order valence-corrected chi connectivity index (χ1v) is 9.14. The number of methoxy groups -OCH3 is 1. The van der Waals surface area contributed by atoms with Gasteiger partial charge in [0.25, 0.3) is 5.91 Å². The molecule has 1 aliphatic rings. The highest BCUT2D eigenvalue weighted by Gasteiger charge is 2.26. The zero-order chi connectivity index (χ0) is 20.5. The fourth-order valence-corrected chi connectivity index (χ4v) is 3.33. The van der Waals surface area contributed by atoms with Crippen LogP contribution in [-0.2, 0) is 0 Å². The molecule has 0 bridgehead atoms. The third-order valence-electron chi connectivity index (χ3n) is 4.56. The second-order valence-electron chi connectivity index (χ2n) is 6.53. The molecule has 1 saturated heterocycles. The molecule has 1 aliphatic heterocycles. The number of anilines is 2. The summed E-state index contributed by atoms with van der Waals surface area (Å²) in [6.07, 6.45) is 0. The molecule has 29 heavy (non-hydrogen) atoms. The topological polar surface area (TPSA) is 94.7 Å². The fourth-order valence-electron chi connectivity index (χ4n) is 3.10. The number of hydrogen-bond donors (Lipinski definition) is 4. The van der Waals surface area contributed by atoms with Crippen molar-refractivity contribution in [2.45, 2.75) is 6.92 Å². The van der Waals surface area contributed by atoms with Gasteiger partial charge in [-0.3, -0.25) is 10.2 Å². The number of rotatable bonds is 4. The molecule has 0 spiro atoms. The zero-order valence-corrected chi connectivity index (χ0v) is 16.4. The zero-order valence-electron chi connectivity index (χ0n) is 15.7. The maximum absolute atomic E-state index is 12.9. The predicted molar refractivity (Wildman–Crippen MR) is 112 cm³/mol. The van der Waals surface area contributed by atoms with Crippen LogP contribution >= 0.6 is 11.6 Å². The number of carbonyl (C=O) groups excluding carboxylic acids is 2. The van der Waals surface area contributed by atoms with Gasteiger partial charge >= 0.3 is 6.03 Å². The Morgan fingerprint density at radius 2 is 1.86 bits per heavy atom. The Hall–Kier alpha value is -3.33. The molecule has 1 fully saturated rings. The Morgan fingerprint density at radius 3 is 2.59 bits per heavy atom. The lowest BCUT2D eigenvalue weighted by atomic mass is 10.0. The fraction of sp³-hybridized carbons (Fsp3) is 0.100. The maximum atomic E-state index is 12.9. The molecule has 0 unspecified atom stereocenters. The maximum Gasteiger partial charge on any atom is 0.353 e. The number of hydrazine groups is 3. The minimum atomic E-state index is -0.456. The molecule has 0 saturated carbocycles. The summed E-state index contributed by atoms with van der Waals surface area (Å²) >= 11 is 6.22. The van der Waals surface area contributed by atoms with Crippen molar-refractivity contribution in [2.75, 3.05) is 17.4 Å². The lowest BCUT2D eigenvalue weighted by Gasteiger charge is -2.19. The number of carbonyl (C=O) groups is 2. The largest absolute Gasteiger partial charge is 0.495 e. The van der Waals surface area contributed by atoms with Crippen molar-refractivity contribution in [1.29, 1.82) is 0 Å². The first kappa shape index (κ1) is 19.0. The van der Waals surface area contributed by atoms with Gasteiger partial charge in [0, 0.05) is 11.6 Å². The van der Waals surface area contributed by atoms with Crippen molar-refractivity contribution >= 4 is 45.7 Å². The lowest BCUT2D eigenvalue weighted by molar-refractivity contribution is 0.102. The minimum absolute atomic E-state index is 0.295. The average Bonchev–Trinajstić information content (AvgIpc) is 3.14. The van der Waals surface area contributed by atoms with E-state index >= 15 is 0 Å². The van der Waals surface area contributed by atoms with E-state index in [1.54, 1.807) is 12.1 Å². The van der Waals surface area contributed by atoms with Crippen molar-refractivity contribution in [3.8, 4) is 5.75 Å². The smallest absolute Gasteiger partial charge is 0.353 e. The van der Waals surface area contributed by atoms with Crippen LogP contribution < -0.4 is 31.6 Å². The van der Waals surface area contributed by atoms with E-state index < -0.39 is 6.03 Å². The second-order valence-corrected chi connectivity index (χ2v) is 6.93. The highest BCUT2D eigenvalue weighted by atomic mass is 35.5.